The highest BCUT2D eigenvalue weighted by Crippen LogP contribution is 2.38. The fraction of sp³-hybridized carbons (Fsp3) is 0. The van der Waals surface area contributed by atoms with Crippen LogP contribution in [0.2, 0.25) is 0 Å². The maximum absolute atomic E-state index is 5.31. The maximum Gasteiger partial charge on any atom is 0.259 e. The molecule has 0 N–H and O–H groups in total. The minimum absolute atomic E-state index is 0.809. The lowest BCUT2D eigenvalue weighted by atomic mass is 10.0. The topological polar surface area (TPSA) is 56.5 Å². The van der Waals surface area contributed by atoms with Gasteiger partial charge in [0.05, 0.1) is 33.8 Å². The van der Waals surface area contributed by atoms with Crippen molar-refractivity contribution in [3.05, 3.63) is 164 Å². The van der Waals surface area contributed by atoms with E-state index in [4.69, 9.17) is 9.97 Å². The van der Waals surface area contributed by atoms with Gasteiger partial charge >= 0.3 is 0 Å². The van der Waals surface area contributed by atoms with Crippen LogP contribution in [-0.4, -0.2) is 32.4 Å². The van der Waals surface area contributed by atoms with E-state index in [9.17, 15) is 0 Å². The van der Waals surface area contributed by atoms with Gasteiger partial charge in [0.2, 0.25) is 0 Å². The first-order valence-electron chi connectivity index (χ1n) is 15.4. The van der Waals surface area contributed by atoms with Crippen LogP contribution in [0.1, 0.15) is 0 Å². The van der Waals surface area contributed by atoms with E-state index >= 15 is 0 Å². The molecule has 0 fully saturated rings. The van der Waals surface area contributed by atoms with E-state index in [1.165, 1.54) is 21.1 Å². The normalized spacial score (nSPS) is 13.0. The van der Waals surface area contributed by atoms with Gasteiger partial charge in [0, 0.05) is 18.0 Å². The molecule has 0 aliphatic carbocycles. The van der Waals surface area contributed by atoms with Gasteiger partial charge in [-0.25, -0.2) is 9.97 Å². The molecule has 46 heavy (non-hydrogen) atoms. The van der Waals surface area contributed by atoms with E-state index in [0.717, 1.165) is 50.8 Å². The average molecular weight is 606 g/mol. The lowest BCUT2D eigenvalue weighted by molar-refractivity contribution is 1.22. The molecule has 4 aromatic heterocycles. The molecule has 0 amide bonds. The van der Waals surface area contributed by atoms with Crippen LogP contribution in [0.5, 0.6) is 0 Å². The van der Waals surface area contributed by atoms with Gasteiger partial charge in [-0.2, -0.15) is 0 Å². The van der Waals surface area contributed by atoms with Crippen LogP contribution in [0.25, 0.3) is 56.3 Å². The van der Waals surface area contributed by atoms with Gasteiger partial charge in [-0.05, 0) is 81.3 Å². The molecular weight excluding hydrogens is 579 g/mol. The predicted molar refractivity (Wildman–Crippen MR) is 188 cm³/mol. The van der Waals surface area contributed by atoms with Gasteiger partial charge < -0.3 is 4.23 Å². The number of rotatable bonds is 5. The van der Waals surface area contributed by atoms with E-state index < -0.39 is 8.24 Å². The molecule has 6 heteroatoms. The third kappa shape index (κ3) is 4.01. The number of hydrogen-bond acceptors (Lipinski definition) is 4. The number of pyridine rings is 3. The third-order valence-electron chi connectivity index (χ3n) is 8.94. The molecule has 4 aromatic carbocycles. The summed E-state index contributed by atoms with van der Waals surface area (Å²) in [6, 6.07) is 53.6. The molecule has 9 rings (SSSR count). The monoisotopic (exact) mass is 605 g/mol. The molecule has 1 aliphatic rings. The summed E-state index contributed by atoms with van der Waals surface area (Å²) >= 11 is 0. The Hall–Kier alpha value is -5.98. The number of nitrogens with zero attached hydrogens (tertiary/aromatic N) is 5. The summed E-state index contributed by atoms with van der Waals surface area (Å²) in [6.07, 6.45) is 3.61. The number of fused-ring (bicyclic) bond motifs is 5. The van der Waals surface area contributed by atoms with Gasteiger partial charge in [0.25, 0.3) is 8.24 Å². The summed E-state index contributed by atoms with van der Waals surface area (Å²) < 4.78 is 2.58. The molecule has 8 aromatic rings. The van der Waals surface area contributed by atoms with E-state index in [1.807, 2.05) is 36.4 Å². The summed E-state index contributed by atoms with van der Waals surface area (Å²) in [6.45, 7) is 0. The third-order valence-corrected chi connectivity index (χ3v) is 13.6. The molecule has 0 radical (unpaired) electrons. The fourth-order valence-corrected chi connectivity index (χ4v) is 12.0. The standard InChI is InChI=1S/C40H27N5Si/c1-3-13-30(14-4-1)46(31-15-5-2-6-16-31)39-22-21-28(25-32(39)40-44-35-19-7-8-20-38(35)45(40)46)29-26-36(33-17-9-11-23-41-33)43-37(27-29)34-18-10-12-24-42-34/h1-27H. The zero-order chi connectivity index (χ0) is 30.5. The largest absolute Gasteiger partial charge is 0.339 e. The van der Waals surface area contributed by atoms with Crippen molar-refractivity contribution in [1.29, 1.82) is 0 Å². The lowest BCUT2D eigenvalue weighted by Crippen LogP contribution is -2.70. The Balaban J connectivity index is 1.33. The molecule has 0 unspecified atom stereocenters. The summed E-state index contributed by atoms with van der Waals surface area (Å²) in [7, 11) is -2.77. The van der Waals surface area contributed by atoms with Gasteiger partial charge in [-0.15, -0.1) is 0 Å². The summed E-state index contributed by atoms with van der Waals surface area (Å²) in [5, 5.41) is 4.00. The van der Waals surface area contributed by atoms with Crippen molar-refractivity contribution in [2.75, 3.05) is 0 Å². The molecule has 0 saturated carbocycles. The van der Waals surface area contributed by atoms with Crippen LogP contribution in [0.3, 0.4) is 0 Å². The van der Waals surface area contributed by atoms with Crippen LogP contribution < -0.4 is 15.6 Å². The molecule has 0 saturated heterocycles. The van der Waals surface area contributed by atoms with E-state index in [2.05, 4.69) is 129 Å². The Kier molecular flexibility index (Phi) is 6.08. The zero-order valence-electron chi connectivity index (χ0n) is 24.8. The fourth-order valence-electron chi connectivity index (χ4n) is 6.97. The number of para-hydroxylation sites is 2. The van der Waals surface area contributed by atoms with Crippen LogP contribution in [-0.2, 0) is 0 Å². The first-order chi connectivity index (χ1) is 22.8. The Morgan fingerprint density at radius 3 is 1.65 bits per heavy atom. The van der Waals surface area contributed by atoms with Gasteiger partial charge in [0.1, 0.15) is 5.82 Å². The van der Waals surface area contributed by atoms with E-state index in [-0.39, 0.29) is 0 Å². The highest BCUT2D eigenvalue weighted by atomic mass is 28.3. The van der Waals surface area contributed by atoms with Gasteiger partial charge in [-0.3, -0.25) is 9.97 Å². The molecule has 0 spiro atoms. The summed E-state index contributed by atoms with van der Waals surface area (Å²) in [4.78, 5) is 19.6. The Morgan fingerprint density at radius 1 is 0.457 bits per heavy atom. The number of aromatic nitrogens is 5. The number of benzene rings is 4. The van der Waals surface area contributed by atoms with Crippen molar-refractivity contribution >= 4 is 34.8 Å². The van der Waals surface area contributed by atoms with Gasteiger partial charge in [0.15, 0.2) is 0 Å². The average Bonchev–Trinajstić information content (AvgIpc) is 3.66. The van der Waals surface area contributed by atoms with E-state index in [0.29, 0.717) is 0 Å². The predicted octanol–water partition coefficient (Wildman–Crippen LogP) is 6.72. The second-order valence-electron chi connectivity index (χ2n) is 11.5. The smallest absolute Gasteiger partial charge is 0.259 e. The van der Waals surface area contributed by atoms with Crippen molar-refractivity contribution in [3.63, 3.8) is 0 Å². The number of hydrogen-bond donors (Lipinski definition) is 0. The first kappa shape index (κ1) is 26.4. The van der Waals surface area contributed by atoms with Crippen LogP contribution in [0.15, 0.2) is 164 Å². The van der Waals surface area contributed by atoms with Crippen molar-refractivity contribution < 1.29 is 0 Å². The molecule has 5 nitrogen and oxygen atoms in total. The minimum atomic E-state index is -2.77. The van der Waals surface area contributed by atoms with Gasteiger partial charge in [-0.1, -0.05) is 97.1 Å². The Labute approximate surface area is 267 Å². The highest BCUT2D eigenvalue weighted by Gasteiger charge is 2.50. The molecule has 1 aliphatic heterocycles. The first-order valence-corrected chi connectivity index (χ1v) is 17.3. The second kappa shape index (κ2) is 10.6. The Bertz CT molecular complexity index is 2260. The van der Waals surface area contributed by atoms with Crippen molar-refractivity contribution in [2.24, 2.45) is 0 Å². The number of imidazole rings is 1. The second-order valence-corrected chi connectivity index (χ2v) is 15.1. The SMILES string of the molecule is c1ccc([Si]2(c3ccccc3)c3ccc(-c4cc(-c5ccccn5)nc(-c5ccccn5)c4)cc3-c3nc4ccccc4n32)cc1. The van der Waals surface area contributed by atoms with Crippen molar-refractivity contribution in [1.82, 2.24) is 24.2 Å². The Morgan fingerprint density at radius 2 is 1.04 bits per heavy atom. The van der Waals surface area contributed by atoms with Crippen molar-refractivity contribution in [3.8, 4) is 45.3 Å². The van der Waals surface area contributed by atoms with Crippen LogP contribution in [0.4, 0.5) is 0 Å². The van der Waals surface area contributed by atoms with Crippen molar-refractivity contribution in [2.45, 2.75) is 0 Å². The molecule has 216 valence electrons. The molecule has 0 atom stereocenters. The molecule has 5 heterocycles. The summed E-state index contributed by atoms with van der Waals surface area (Å²) in [5.41, 5.74) is 8.76. The van der Waals surface area contributed by atoms with Crippen LogP contribution >= 0.6 is 0 Å². The highest BCUT2D eigenvalue weighted by molar-refractivity contribution is 7.12. The van der Waals surface area contributed by atoms with E-state index in [1.54, 1.807) is 12.4 Å². The molecule has 0 bridgehead atoms. The zero-order valence-corrected chi connectivity index (χ0v) is 25.8. The minimum Gasteiger partial charge on any atom is -0.339 e. The summed E-state index contributed by atoms with van der Waals surface area (Å²) in [5.74, 6) is 1.02. The molecular formula is C40H27N5Si. The van der Waals surface area contributed by atoms with Crippen LogP contribution in [0, 0.1) is 0 Å². The quantitative estimate of drug-likeness (QED) is 0.205. The maximum atomic E-state index is 5.31. The lowest BCUT2D eigenvalue weighted by Gasteiger charge is -2.32.